The van der Waals surface area contributed by atoms with E-state index < -0.39 is 0 Å². The molecule has 104 valence electrons. The fourth-order valence-corrected chi connectivity index (χ4v) is 2.40. The van der Waals surface area contributed by atoms with Gasteiger partial charge in [0.25, 0.3) is 0 Å². The van der Waals surface area contributed by atoms with E-state index in [9.17, 15) is 4.39 Å². The molecular formula is C15H16FN3O. The number of aromatic nitrogens is 2. The van der Waals surface area contributed by atoms with Crippen LogP contribution in [-0.2, 0) is 0 Å². The summed E-state index contributed by atoms with van der Waals surface area (Å²) in [5.41, 5.74) is 0. The maximum atomic E-state index is 13.7. The summed E-state index contributed by atoms with van der Waals surface area (Å²) in [6.45, 7) is 1.51. The third kappa shape index (κ3) is 2.87. The van der Waals surface area contributed by atoms with Gasteiger partial charge in [-0.15, -0.1) is 0 Å². The van der Waals surface area contributed by atoms with Crippen molar-refractivity contribution in [1.82, 2.24) is 9.97 Å². The van der Waals surface area contributed by atoms with Gasteiger partial charge in [0.05, 0.1) is 0 Å². The van der Waals surface area contributed by atoms with Gasteiger partial charge in [-0.25, -0.2) is 9.37 Å². The Hall–Kier alpha value is -2.17. The Labute approximate surface area is 117 Å². The zero-order valence-corrected chi connectivity index (χ0v) is 11.1. The molecule has 1 aliphatic heterocycles. The van der Waals surface area contributed by atoms with Crippen LogP contribution in [-0.4, -0.2) is 29.2 Å². The molecule has 0 radical (unpaired) electrons. The van der Waals surface area contributed by atoms with Crippen molar-refractivity contribution in [2.75, 3.05) is 18.0 Å². The van der Waals surface area contributed by atoms with Crippen LogP contribution >= 0.6 is 0 Å². The topological polar surface area (TPSA) is 38.2 Å². The summed E-state index contributed by atoms with van der Waals surface area (Å²) in [5.74, 6) is 1.01. The fraction of sp³-hybridized carbons (Fsp3) is 0.333. The summed E-state index contributed by atoms with van der Waals surface area (Å²) in [7, 11) is 0. The van der Waals surface area contributed by atoms with Gasteiger partial charge >= 0.3 is 0 Å². The molecule has 1 saturated heterocycles. The first kappa shape index (κ1) is 12.8. The first-order chi connectivity index (χ1) is 9.83. The average molecular weight is 273 g/mol. The number of halogens is 1. The molecule has 0 N–H and O–H groups in total. The van der Waals surface area contributed by atoms with E-state index in [1.165, 1.54) is 6.07 Å². The summed E-state index contributed by atoms with van der Waals surface area (Å²) in [6, 6.07) is 6.76. The van der Waals surface area contributed by atoms with Gasteiger partial charge in [-0.1, -0.05) is 0 Å². The average Bonchev–Trinajstić information content (AvgIpc) is 2.50. The van der Waals surface area contributed by atoms with Gasteiger partial charge in [0.2, 0.25) is 0 Å². The van der Waals surface area contributed by atoms with E-state index in [4.69, 9.17) is 4.74 Å². The summed E-state index contributed by atoms with van der Waals surface area (Å²) < 4.78 is 19.6. The van der Waals surface area contributed by atoms with Crippen LogP contribution in [0.1, 0.15) is 12.8 Å². The van der Waals surface area contributed by atoms with Gasteiger partial charge in [-0.05, 0) is 24.3 Å². The molecule has 0 atom stereocenters. The fourth-order valence-electron chi connectivity index (χ4n) is 2.40. The predicted octanol–water partition coefficient (Wildman–Crippen LogP) is 2.66. The number of rotatable bonds is 3. The van der Waals surface area contributed by atoms with Crippen molar-refractivity contribution in [3.8, 4) is 5.75 Å². The minimum absolute atomic E-state index is 0.167. The predicted molar refractivity (Wildman–Crippen MR) is 74.3 cm³/mol. The van der Waals surface area contributed by atoms with Crippen molar-refractivity contribution >= 4 is 5.82 Å². The lowest BCUT2D eigenvalue weighted by atomic mass is 10.1. The number of ether oxygens (including phenoxy) is 1. The number of pyridine rings is 2. The zero-order chi connectivity index (χ0) is 13.8. The van der Waals surface area contributed by atoms with E-state index >= 15 is 0 Å². The van der Waals surface area contributed by atoms with Gasteiger partial charge in [0, 0.05) is 44.5 Å². The molecule has 0 aliphatic carbocycles. The van der Waals surface area contributed by atoms with Gasteiger partial charge in [0.1, 0.15) is 11.9 Å². The molecule has 20 heavy (non-hydrogen) atoms. The number of anilines is 1. The second kappa shape index (κ2) is 5.86. The first-order valence-electron chi connectivity index (χ1n) is 6.75. The Morgan fingerprint density at radius 2 is 1.85 bits per heavy atom. The lowest BCUT2D eigenvalue weighted by Crippen LogP contribution is -2.39. The highest BCUT2D eigenvalue weighted by atomic mass is 19.1. The Balaban J connectivity index is 1.59. The van der Waals surface area contributed by atoms with Crippen LogP contribution < -0.4 is 9.64 Å². The normalized spacial score (nSPS) is 16.1. The molecule has 1 fully saturated rings. The summed E-state index contributed by atoms with van der Waals surface area (Å²) in [6.07, 6.45) is 6.94. The molecule has 1 aliphatic rings. The molecule has 0 unspecified atom stereocenters. The molecule has 5 heteroatoms. The largest absolute Gasteiger partial charge is 0.490 e. The van der Waals surface area contributed by atoms with Crippen LogP contribution in [0.15, 0.2) is 42.9 Å². The number of piperidine rings is 1. The van der Waals surface area contributed by atoms with Crippen LogP contribution in [0.2, 0.25) is 0 Å². The van der Waals surface area contributed by atoms with Crippen molar-refractivity contribution in [3.05, 3.63) is 48.7 Å². The van der Waals surface area contributed by atoms with Crippen LogP contribution in [0.25, 0.3) is 0 Å². The number of nitrogens with zero attached hydrogens (tertiary/aromatic N) is 3. The second-order valence-electron chi connectivity index (χ2n) is 4.80. The smallest absolute Gasteiger partial charge is 0.165 e. The minimum Gasteiger partial charge on any atom is -0.490 e. The van der Waals surface area contributed by atoms with E-state index in [0.29, 0.717) is 5.82 Å². The van der Waals surface area contributed by atoms with Crippen molar-refractivity contribution in [2.24, 2.45) is 0 Å². The zero-order valence-electron chi connectivity index (χ0n) is 11.1. The van der Waals surface area contributed by atoms with Gasteiger partial charge in [-0.3, -0.25) is 4.98 Å². The molecule has 4 nitrogen and oxygen atoms in total. The minimum atomic E-state index is -0.263. The molecule has 0 bridgehead atoms. The summed E-state index contributed by atoms with van der Waals surface area (Å²) in [5, 5.41) is 0. The highest BCUT2D eigenvalue weighted by molar-refractivity contribution is 5.40. The molecule has 3 heterocycles. The second-order valence-corrected chi connectivity index (χ2v) is 4.80. The maximum Gasteiger partial charge on any atom is 0.165 e. The first-order valence-corrected chi connectivity index (χ1v) is 6.75. The number of hydrogen-bond donors (Lipinski definition) is 0. The number of hydrogen-bond acceptors (Lipinski definition) is 4. The maximum absolute atomic E-state index is 13.7. The Kier molecular flexibility index (Phi) is 3.76. The molecule has 0 saturated carbocycles. The van der Waals surface area contributed by atoms with Crippen molar-refractivity contribution in [2.45, 2.75) is 18.9 Å². The van der Waals surface area contributed by atoms with Crippen molar-refractivity contribution < 1.29 is 9.13 Å². The molecule has 3 rings (SSSR count). The van der Waals surface area contributed by atoms with Crippen LogP contribution in [0.5, 0.6) is 5.75 Å². The summed E-state index contributed by atoms with van der Waals surface area (Å²) >= 11 is 0. The third-order valence-electron chi connectivity index (χ3n) is 3.43. The third-order valence-corrected chi connectivity index (χ3v) is 3.43. The molecule has 2 aromatic rings. The Morgan fingerprint density at radius 1 is 1.10 bits per heavy atom. The van der Waals surface area contributed by atoms with E-state index in [2.05, 4.69) is 9.97 Å². The van der Waals surface area contributed by atoms with E-state index in [0.717, 1.165) is 31.7 Å². The standard InChI is InChI=1S/C15H16FN3O/c16-14-2-1-7-18-15(14)19-10-5-13(6-11-19)20-12-3-8-17-9-4-12/h1-4,7-9,13H,5-6,10-11H2. The molecule has 0 aromatic carbocycles. The van der Waals surface area contributed by atoms with E-state index in [1.54, 1.807) is 24.7 Å². The lowest BCUT2D eigenvalue weighted by Gasteiger charge is -2.33. The van der Waals surface area contributed by atoms with Crippen molar-refractivity contribution in [3.63, 3.8) is 0 Å². The summed E-state index contributed by atoms with van der Waals surface area (Å²) in [4.78, 5) is 10.0. The quantitative estimate of drug-likeness (QED) is 0.861. The van der Waals surface area contributed by atoms with Gasteiger partial charge in [0.15, 0.2) is 11.6 Å². The monoisotopic (exact) mass is 273 g/mol. The Bertz CT molecular complexity index is 556. The van der Waals surface area contributed by atoms with Gasteiger partial charge in [-0.2, -0.15) is 0 Å². The van der Waals surface area contributed by atoms with Crippen LogP contribution in [0.3, 0.4) is 0 Å². The molecule has 0 spiro atoms. The Morgan fingerprint density at radius 3 is 2.55 bits per heavy atom. The SMILES string of the molecule is Fc1cccnc1N1CCC(Oc2ccncc2)CC1. The molecular weight excluding hydrogens is 257 g/mol. The lowest BCUT2D eigenvalue weighted by molar-refractivity contribution is 0.170. The van der Waals surface area contributed by atoms with E-state index in [-0.39, 0.29) is 11.9 Å². The van der Waals surface area contributed by atoms with Crippen LogP contribution in [0.4, 0.5) is 10.2 Å². The highest BCUT2D eigenvalue weighted by Gasteiger charge is 2.23. The molecule has 0 amide bonds. The molecule has 2 aromatic heterocycles. The highest BCUT2D eigenvalue weighted by Crippen LogP contribution is 2.23. The van der Waals surface area contributed by atoms with Crippen LogP contribution in [0, 0.1) is 5.82 Å². The van der Waals surface area contributed by atoms with Gasteiger partial charge < -0.3 is 9.64 Å². The van der Waals surface area contributed by atoms with E-state index in [1.807, 2.05) is 17.0 Å². The van der Waals surface area contributed by atoms with Crippen molar-refractivity contribution in [1.29, 1.82) is 0 Å².